The number of carbonyl (C=O) groups is 1. The highest BCUT2D eigenvalue weighted by Crippen LogP contribution is 2.05. The van der Waals surface area contributed by atoms with Gasteiger partial charge in [0, 0.05) is 6.54 Å². The number of ether oxygens (including phenoxy) is 1. The number of sulfone groups is 1. The maximum atomic E-state index is 11.4. The second-order valence-corrected chi connectivity index (χ2v) is 4.93. The number of rotatable bonds is 5. The fourth-order valence-corrected chi connectivity index (χ4v) is 2.39. The highest BCUT2D eigenvalue weighted by Gasteiger charge is 2.25. The first kappa shape index (κ1) is 12.4. The smallest absolute Gasteiger partial charge is 0.320 e. The lowest BCUT2D eigenvalue weighted by Gasteiger charge is -2.11. The Morgan fingerprint density at radius 3 is 2.38 bits per heavy atom. The van der Waals surface area contributed by atoms with E-state index in [9.17, 15) is 13.2 Å². The number of hydrogen-bond donors (Lipinski definition) is 1. The van der Waals surface area contributed by atoms with Gasteiger partial charge in [-0.25, -0.2) is 8.42 Å². The monoisotopic (exact) mass is 209 g/mol. The van der Waals surface area contributed by atoms with E-state index in [1.165, 1.54) is 0 Å². The number of carbonyl (C=O) groups excluding carboxylic acids is 1. The molecular formula is C7H15NO4S. The molecule has 0 rings (SSSR count). The number of methoxy groups -OCH3 is 1. The van der Waals surface area contributed by atoms with Crippen molar-refractivity contribution < 1.29 is 17.9 Å². The van der Waals surface area contributed by atoms with E-state index in [2.05, 4.69) is 4.74 Å². The van der Waals surface area contributed by atoms with E-state index in [4.69, 9.17) is 5.73 Å². The molecule has 0 bridgehead atoms. The molecule has 5 nitrogen and oxygen atoms in total. The van der Waals surface area contributed by atoms with Crippen molar-refractivity contribution in [1.82, 2.24) is 0 Å². The van der Waals surface area contributed by atoms with Crippen molar-refractivity contribution in [2.45, 2.75) is 18.6 Å². The average Bonchev–Trinajstić information content (AvgIpc) is 2.05. The van der Waals surface area contributed by atoms with E-state index in [0.29, 0.717) is 6.42 Å². The van der Waals surface area contributed by atoms with Crippen molar-refractivity contribution in [3.8, 4) is 0 Å². The molecule has 0 aliphatic carbocycles. The lowest BCUT2D eigenvalue weighted by atomic mass is 10.3. The van der Waals surface area contributed by atoms with Crippen LogP contribution >= 0.6 is 0 Å². The van der Waals surface area contributed by atoms with Gasteiger partial charge in [-0.15, -0.1) is 0 Å². The van der Waals surface area contributed by atoms with Gasteiger partial charge < -0.3 is 10.5 Å². The van der Waals surface area contributed by atoms with Gasteiger partial charge in [0.2, 0.25) is 0 Å². The summed E-state index contributed by atoms with van der Waals surface area (Å²) in [4.78, 5) is 10.7. The largest absolute Gasteiger partial charge is 0.468 e. The number of esters is 1. The summed E-state index contributed by atoms with van der Waals surface area (Å²) in [6, 6.07) is 0. The molecule has 2 N–H and O–H groups in total. The molecule has 0 aromatic carbocycles. The summed E-state index contributed by atoms with van der Waals surface area (Å²) in [5.41, 5.74) is 5.26. The molecule has 0 aromatic rings. The van der Waals surface area contributed by atoms with Gasteiger partial charge in [0.1, 0.15) is 5.75 Å². The summed E-state index contributed by atoms with van der Waals surface area (Å²) in [6.45, 7) is 1.75. The molecule has 13 heavy (non-hydrogen) atoms. The van der Waals surface area contributed by atoms with Crippen LogP contribution in [0.1, 0.15) is 13.3 Å². The van der Waals surface area contributed by atoms with Gasteiger partial charge in [-0.05, 0) is 6.42 Å². The normalized spacial score (nSPS) is 13.8. The van der Waals surface area contributed by atoms with Crippen molar-refractivity contribution in [1.29, 1.82) is 0 Å². The van der Waals surface area contributed by atoms with E-state index in [0.717, 1.165) is 7.11 Å². The molecule has 0 amide bonds. The van der Waals surface area contributed by atoms with Gasteiger partial charge in [0.25, 0.3) is 0 Å². The van der Waals surface area contributed by atoms with Crippen LogP contribution in [0, 0.1) is 0 Å². The van der Waals surface area contributed by atoms with E-state index < -0.39 is 26.8 Å². The zero-order chi connectivity index (χ0) is 10.5. The Bertz CT molecular complexity index is 256. The highest BCUT2D eigenvalue weighted by atomic mass is 32.2. The van der Waals surface area contributed by atoms with E-state index in [-0.39, 0.29) is 6.54 Å². The predicted octanol–water partition coefficient (Wildman–Crippen LogP) is -0.688. The Hall–Kier alpha value is -0.620. The van der Waals surface area contributed by atoms with Crippen LogP contribution in [0.25, 0.3) is 0 Å². The van der Waals surface area contributed by atoms with Crippen molar-refractivity contribution in [2.24, 2.45) is 5.73 Å². The second-order valence-electron chi connectivity index (χ2n) is 2.65. The SMILES string of the molecule is CCC(CN)S(=O)(=O)CC(=O)OC. The minimum absolute atomic E-state index is 0.0375. The molecule has 0 aliphatic rings. The summed E-state index contributed by atoms with van der Waals surface area (Å²) in [7, 11) is -2.28. The van der Waals surface area contributed by atoms with Crippen molar-refractivity contribution >= 4 is 15.8 Å². The molecule has 0 saturated heterocycles. The van der Waals surface area contributed by atoms with Crippen molar-refractivity contribution in [3.05, 3.63) is 0 Å². The Labute approximate surface area is 78.2 Å². The number of nitrogens with two attached hydrogens (primary N) is 1. The minimum Gasteiger partial charge on any atom is -0.468 e. The zero-order valence-electron chi connectivity index (χ0n) is 7.82. The van der Waals surface area contributed by atoms with Crippen LogP contribution in [0.4, 0.5) is 0 Å². The summed E-state index contributed by atoms with van der Waals surface area (Å²) >= 11 is 0. The summed E-state index contributed by atoms with van der Waals surface area (Å²) in [6.07, 6.45) is 0.413. The average molecular weight is 209 g/mol. The fourth-order valence-electron chi connectivity index (χ4n) is 0.908. The quantitative estimate of drug-likeness (QED) is 0.606. The minimum atomic E-state index is -3.43. The highest BCUT2D eigenvalue weighted by molar-refractivity contribution is 7.92. The first-order valence-electron chi connectivity index (χ1n) is 3.96. The Morgan fingerprint density at radius 2 is 2.08 bits per heavy atom. The summed E-state index contributed by atoms with van der Waals surface area (Å²) < 4.78 is 27.0. The maximum Gasteiger partial charge on any atom is 0.320 e. The molecule has 0 aliphatic heterocycles. The Morgan fingerprint density at radius 1 is 1.54 bits per heavy atom. The first-order valence-corrected chi connectivity index (χ1v) is 5.68. The van der Waals surface area contributed by atoms with Gasteiger partial charge in [0.15, 0.2) is 9.84 Å². The maximum absolute atomic E-state index is 11.4. The van der Waals surface area contributed by atoms with Crippen LogP contribution in [0.5, 0.6) is 0 Å². The molecule has 0 radical (unpaired) electrons. The topological polar surface area (TPSA) is 86.5 Å². The van der Waals surface area contributed by atoms with Crippen LogP contribution in [-0.2, 0) is 19.4 Å². The molecule has 0 spiro atoms. The second kappa shape index (κ2) is 5.18. The molecule has 0 fully saturated rings. The molecule has 6 heteroatoms. The van der Waals surface area contributed by atoms with Crippen LogP contribution in [-0.4, -0.2) is 39.0 Å². The van der Waals surface area contributed by atoms with Gasteiger partial charge in [-0.1, -0.05) is 6.92 Å². The fraction of sp³-hybridized carbons (Fsp3) is 0.857. The Balaban J connectivity index is 4.47. The van der Waals surface area contributed by atoms with Crippen LogP contribution in [0.2, 0.25) is 0 Å². The van der Waals surface area contributed by atoms with Crippen molar-refractivity contribution in [2.75, 3.05) is 19.4 Å². The molecule has 78 valence electrons. The lowest BCUT2D eigenvalue weighted by Crippen LogP contribution is -2.33. The lowest BCUT2D eigenvalue weighted by molar-refractivity contribution is -0.137. The first-order chi connectivity index (χ1) is 5.97. The molecule has 0 heterocycles. The molecule has 0 saturated carbocycles. The zero-order valence-corrected chi connectivity index (χ0v) is 8.63. The summed E-state index contributed by atoms with van der Waals surface area (Å²) in [5, 5.41) is -0.647. The van der Waals surface area contributed by atoms with E-state index in [1.807, 2.05) is 0 Å². The molecule has 1 atom stereocenters. The number of hydrogen-bond acceptors (Lipinski definition) is 5. The van der Waals surface area contributed by atoms with Crippen LogP contribution < -0.4 is 5.73 Å². The van der Waals surface area contributed by atoms with Gasteiger partial charge >= 0.3 is 5.97 Å². The molecule has 0 aromatic heterocycles. The van der Waals surface area contributed by atoms with Gasteiger partial charge in [0.05, 0.1) is 12.4 Å². The van der Waals surface area contributed by atoms with Crippen molar-refractivity contribution in [3.63, 3.8) is 0 Å². The molecule has 1 unspecified atom stereocenters. The molecular weight excluding hydrogens is 194 g/mol. The third-order valence-corrected chi connectivity index (χ3v) is 3.95. The van der Waals surface area contributed by atoms with E-state index in [1.54, 1.807) is 6.92 Å². The predicted molar refractivity (Wildman–Crippen MR) is 48.9 cm³/mol. The third-order valence-electron chi connectivity index (χ3n) is 1.77. The van der Waals surface area contributed by atoms with Crippen LogP contribution in [0.3, 0.4) is 0 Å². The van der Waals surface area contributed by atoms with Gasteiger partial charge in [-0.2, -0.15) is 0 Å². The summed E-state index contributed by atoms with van der Waals surface area (Å²) in [5.74, 6) is -1.33. The Kier molecular flexibility index (Phi) is 4.94. The third kappa shape index (κ3) is 3.73. The standard InChI is InChI=1S/C7H15NO4S/c1-3-6(4-8)13(10,11)5-7(9)12-2/h6H,3-5,8H2,1-2H3. The van der Waals surface area contributed by atoms with Gasteiger partial charge in [-0.3, -0.25) is 4.79 Å². The van der Waals surface area contributed by atoms with E-state index >= 15 is 0 Å². The van der Waals surface area contributed by atoms with Crippen LogP contribution in [0.15, 0.2) is 0 Å².